The van der Waals surface area contributed by atoms with Crippen LogP contribution in [0, 0.1) is 6.92 Å². The van der Waals surface area contributed by atoms with Gasteiger partial charge in [0.25, 0.3) is 5.91 Å². The van der Waals surface area contributed by atoms with Crippen LogP contribution in [0.2, 0.25) is 0 Å². The summed E-state index contributed by atoms with van der Waals surface area (Å²) in [6.45, 7) is 1.86. The minimum atomic E-state index is -0.331. The number of carbonyl (C=O) groups excluding carboxylic acids is 2. The highest BCUT2D eigenvalue weighted by Crippen LogP contribution is 2.17. The first-order valence-corrected chi connectivity index (χ1v) is 9.52. The quantitative estimate of drug-likeness (QED) is 0.461. The number of methoxy groups -OCH3 is 1. The summed E-state index contributed by atoms with van der Waals surface area (Å²) in [6.07, 6.45) is 1.54. The van der Waals surface area contributed by atoms with Crippen LogP contribution in [0.25, 0.3) is 0 Å². The van der Waals surface area contributed by atoms with Crippen molar-refractivity contribution in [3.8, 4) is 5.75 Å². The van der Waals surface area contributed by atoms with Crippen molar-refractivity contribution in [1.29, 1.82) is 0 Å². The smallest absolute Gasteiger partial charge is 0.257 e. The van der Waals surface area contributed by atoms with Gasteiger partial charge in [0.05, 0.1) is 19.7 Å². The predicted octanol–water partition coefficient (Wildman–Crippen LogP) is 2.80. The van der Waals surface area contributed by atoms with E-state index in [0.29, 0.717) is 15.7 Å². The van der Waals surface area contributed by atoms with Crippen LogP contribution < -0.4 is 15.5 Å². The normalized spacial score (nSPS) is 10.7. The lowest BCUT2D eigenvalue weighted by Gasteiger charge is -2.03. The van der Waals surface area contributed by atoms with E-state index < -0.39 is 0 Å². The molecule has 0 atom stereocenters. The van der Waals surface area contributed by atoms with Gasteiger partial charge in [-0.2, -0.15) is 5.10 Å². The van der Waals surface area contributed by atoms with Crippen molar-refractivity contribution in [3.63, 3.8) is 0 Å². The van der Waals surface area contributed by atoms with E-state index >= 15 is 0 Å². The Bertz CT molecular complexity index is 1030. The van der Waals surface area contributed by atoms with Crippen LogP contribution in [0.5, 0.6) is 5.75 Å². The van der Waals surface area contributed by atoms with Crippen LogP contribution in [0.1, 0.15) is 26.5 Å². The van der Waals surface area contributed by atoms with Gasteiger partial charge in [-0.3, -0.25) is 14.9 Å². The third-order valence-corrected chi connectivity index (χ3v) is 4.75. The van der Waals surface area contributed by atoms with E-state index in [1.165, 1.54) is 6.21 Å². The van der Waals surface area contributed by atoms with Crippen LogP contribution in [0.4, 0.5) is 5.13 Å². The number of nitrogens with zero attached hydrogens (tertiary/aromatic N) is 3. The highest BCUT2D eigenvalue weighted by Gasteiger charge is 2.13. The lowest BCUT2D eigenvalue weighted by Crippen LogP contribution is -2.19. The van der Waals surface area contributed by atoms with Crippen molar-refractivity contribution in [1.82, 2.24) is 15.6 Å². The standard InChI is InChI=1S/C20H19N5O3S/c1-13-5-3-4-6-16(13)19(27)22-20-25-24-18(29-20)11-17(26)23-21-12-14-7-9-15(28-2)10-8-14/h3-10,12H,11H2,1-2H3,(H,23,26)(H,22,25,27). The molecule has 8 nitrogen and oxygen atoms in total. The van der Waals surface area contributed by atoms with Gasteiger partial charge in [-0.05, 0) is 48.4 Å². The van der Waals surface area contributed by atoms with Gasteiger partial charge in [-0.1, -0.05) is 29.5 Å². The molecule has 0 unspecified atom stereocenters. The molecule has 0 spiro atoms. The van der Waals surface area contributed by atoms with Crippen molar-refractivity contribution in [3.05, 3.63) is 70.2 Å². The zero-order chi connectivity index (χ0) is 20.6. The van der Waals surface area contributed by atoms with Crippen LogP contribution >= 0.6 is 11.3 Å². The molecule has 0 fully saturated rings. The minimum Gasteiger partial charge on any atom is -0.497 e. The Morgan fingerprint density at radius 3 is 2.62 bits per heavy atom. The maximum Gasteiger partial charge on any atom is 0.257 e. The largest absolute Gasteiger partial charge is 0.497 e. The summed E-state index contributed by atoms with van der Waals surface area (Å²) in [6, 6.07) is 14.5. The number of nitrogens with one attached hydrogen (secondary N) is 2. The molecule has 3 aromatic rings. The number of ether oxygens (including phenoxy) is 1. The second-order valence-electron chi connectivity index (χ2n) is 6.01. The van der Waals surface area contributed by atoms with Gasteiger partial charge < -0.3 is 4.74 Å². The first-order chi connectivity index (χ1) is 14.0. The van der Waals surface area contributed by atoms with Crippen LogP contribution in [-0.2, 0) is 11.2 Å². The molecule has 0 aliphatic rings. The molecule has 2 aromatic carbocycles. The van der Waals surface area contributed by atoms with Crippen LogP contribution in [0.3, 0.4) is 0 Å². The van der Waals surface area contributed by atoms with Crippen molar-refractivity contribution >= 4 is 34.5 Å². The Balaban J connectivity index is 1.51. The SMILES string of the molecule is COc1ccc(C=NNC(=O)Cc2nnc(NC(=O)c3ccccc3C)s2)cc1. The van der Waals surface area contributed by atoms with Crippen LogP contribution in [-0.4, -0.2) is 35.3 Å². The molecule has 9 heteroatoms. The van der Waals surface area contributed by atoms with Crippen molar-refractivity contribution in [2.45, 2.75) is 13.3 Å². The lowest BCUT2D eigenvalue weighted by molar-refractivity contribution is -0.120. The number of hydrazone groups is 1. The second kappa shape index (κ2) is 9.56. The molecule has 1 aromatic heterocycles. The van der Waals surface area contributed by atoms with Gasteiger partial charge in [0, 0.05) is 5.56 Å². The third kappa shape index (κ3) is 5.69. The molecular weight excluding hydrogens is 390 g/mol. The van der Waals surface area contributed by atoms with Gasteiger partial charge in [-0.25, -0.2) is 5.43 Å². The number of aromatic nitrogens is 2. The first-order valence-electron chi connectivity index (χ1n) is 8.70. The first kappa shape index (κ1) is 20.2. The van der Waals surface area contributed by atoms with Gasteiger partial charge >= 0.3 is 0 Å². The molecule has 2 amide bonds. The molecule has 29 heavy (non-hydrogen) atoms. The molecule has 1 heterocycles. The Hall–Kier alpha value is -3.59. The van der Waals surface area contributed by atoms with Crippen molar-refractivity contribution < 1.29 is 14.3 Å². The average molecular weight is 409 g/mol. The summed E-state index contributed by atoms with van der Waals surface area (Å²) in [5, 5.41) is 15.3. The van der Waals surface area contributed by atoms with Gasteiger partial charge in [-0.15, -0.1) is 10.2 Å². The Morgan fingerprint density at radius 2 is 1.90 bits per heavy atom. The molecule has 0 saturated carbocycles. The van der Waals surface area contributed by atoms with Gasteiger partial charge in [0.1, 0.15) is 10.8 Å². The highest BCUT2D eigenvalue weighted by molar-refractivity contribution is 7.15. The molecule has 2 N–H and O–H groups in total. The third-order valence-electron chi connectivity index (χ3n) is 3.91. The number of hydrogen-bond acceptors (Lipinski definition) is 7. The fourth-order valence-corrected chi connectivity index (χ4v) is 3.15. The minimum absolute atomic E-state index is 0.0118. The van der Waals surface area contributed by atoms with E-state index in [-0.39, 0.29) is 18.2 Å². The molecule has 3 rings (SSSR count). The number of anilines is 1. The Morgan fingerprint density at radius 1 is 1.14 bits per heavy atom. The number of rotatable bonds is 7. The number of amides is 2. The summed E-state index contributed by atoms with van der Waals surface area (Å²) in [5.74, 6) is 0.148. The van der Waals surface area contributed by atoms with E-state index in [2.05, 4.69) is 26.0 Å². The number of benzene rings is 2. The van der Waals surface area contributed by atoms with Crippen molar-refractivity contribution in [2.75, 3.05) is 12.4 Å². The number of carbonyl (C=O) groups is 2. The Kier molecular flexibility index (Phi) is 6.64. The summed E-state index contributed by atoms with van der Waals surface area (Å²) < 4.78 is 5.08. The fourth-order valence-electron chi connectivity index (χ4n) is 2.41. The summed E-state index contributed by atoms with van der Waals surface area (Å²) in [7, 11) is 1.59. The molecule has 0 saturated heterocycles. The monoisotopic (exact) mass is 409 g/mol. The number of hydrogen-bond donors (Lipinski definition) is 2. The average Bonchev–Trinajstić information content (AvgIpc) is 3.15. The van der Waals surface area contributed by atoms with E-state index in [0.717, 1.165) is 28.2 Å². The molecule has 0 aliphatic heterocycles. The topological polar surface area (TPSA) is 106 Å². The Labute approximate surface area is 171 Å². The van der Waals surface area contributed by atoms with Gasteiger partial charge in [0.2, 0.25) is 11.0 Å². The predicted molar refractivity (Wildman–Crippen MR) is 111 cm³/mol. The lowest BCUT2D eigenvalue weighted by atomic mass is 10.1. The summed E-state index contributed by atoms with van der Waals surface area (Å²) >= 11 is 1.14. The molecule has 0 radical (unpaired) electrons. The van der Waals surface area contributed by atoms with Gasteiger partial charge in [0.15, 0.2) is 0 Å². The second-order valence-corrected chi connectivity index (χ2v) is 7.08. The molecule has 0 aliphatic carbocycles. The molecule has 0 bridgehead atoms. The number of aryl methyl sites for hydroxylation is 1. The van der Waals surface area contributed by atoms with E-state index in [1.54, 1.807) is 31.4 Å². The highest BCUT2D eigenvalue weighted by atomic mass is 32.1. The maximum atomic E-state index is 12.3. The summed E-state index contributed by atoms with van der Waals surface area (Å²) in [5.41, 5.74) is 4.69. The van der Waals surface area contributed by atoms with E-state index in [4.69, 9.17) is 4.74 Å². The maximum absolute atomic E-state index is 12.3. The molecular formula is C20H19N5O3S. The van der Waals surface area contributed by atoms with E-state index in [1.807, 2.05) is 31.2 Å². The summed E-state index contributed by atoms with van der Waals surface area (Å²) in [4.78, 5) is 24.3. The van der Waals surface area contributed by atoms with Crippen molar-refractivity contribution in [2.24, 2.45) is 5.10 Å². The van der Waals surface area contributed by atoms with Crippen LogP contribution in [0.15, 0.2) is 53.6 Å². The zero-order valence-corrected chi connectivity index (χ0v) is 16.7. The fraction of sp³-hybridized carbons (Fsp3) is 0.150. The molecule has 148 valence electrons. The zero-order valence-electron chi connectivity index (χ0n) is 15.9. The van der Waals surface area contributed by atoms with E-state index in [9.17, 15) is 9.59 Å².